The molecule has 1 aliphatic carbocycles. The molecule has 2 rings (SSSR count). The van der Waals surface area contributed by atoms with Gasteiger partial charge in [0.05, 0.1) is 12.2 Å². The van der Waals surface area contributed by atoms with Crippen molar-refractivity contribution in [1.29, 1.82) is 0 Å². The highest BCUT2D eigenvalue weighted by molar-refractivity contribution is 7.08. The average Bonchev–Trinajstić information content (AvgIpc) is 2.80. The van der Waals surface area contributed by atoms with E-state index in [1.807, 2.05) is 30.7 Å². The third-order valence-electron chi connectivity index (χ3n) is 3.70. The number of amides is 1. The Labute approximate surface area is 113 Å². The first-order chi connectivity index (χ1) is 8.41. The van der Waals surface area contributed by atoms with Gasteiger partial charge in [-0.3, -0.25) is 4.79 Å². The van der Waals surface area contributed by atoms with Crippen molar-refractivity contribution < 1.29 is 9.53 Å². The van der Waals surface area contributed by atoms with Crippen LogP contribution in [0.1, 0.15) is 44.5 Å². The molecule has 0 spiro atoms. The summed E-state index contributed by atoms with van der Waals surface area (Å²) >= 11 is 1.54. The van der Waals surface area contributed by atoms with Crippen LogP contribution in [0.3, 0.4) is 0 Å². The third-order valence-corrected chi connectivity index (χ3v) is 4.39. The molecule has 0 radical (unpaired) electrons. The Hall–Kier alpha value is -0.870. The van der Waals surface area contributed by atoms with Gasteiger partial charge in [-0.1, -0.05) is 13.8 Å². The molecule has 0 bridgehead atoms. The zero-order valence-corrected chi connectivity index (χ0v) is 12.2. The fourth-order valence-electron chi connectivity index (χ4n) is 2.33. The Kier molecular flexibility index (Phi) is 3.78. The number of ether oxygens (including phenoxy) is 1. The lowest BCUT2D eigenvalue weighted by Crippen LogP contribution is -2.62. The van der Waals surface area contributed by atoms with E-state index in [0.717, 1.165) is 12.0 Å². The largest absolute Gasteiger partial charge is 0.375 e. The van der Waals surface area contributed by atoms with Gasteiger partial charge in [-0.05, 0) is 31.7 Å². The van der Waals surface area contributed by atoms with Gasteiger partial charge < -0.3 is 10.1 Å². The minimum absolute atomic E-state index is 0.00987. The number of hydrogen-bond donors (Lipinski definition) is 1. The van der Waals surface area contributed by atoms with Crippen molar-refractivity contribution in [1.82, 2.24) is 5.32 Å². The molecule has 1 fully saturated rings. The van der Waals surface area contributed by atoms with Crippen LogP contribution in [-0.4, -0.2) is 24.2 Å². The SMILES string of the molecule is CC(C)O[C@H]1C[C@@H](NC(=O)c2ccsc2)C1(C)C. The third kappa shape index (κ3) is 2.59. The number of rotatable bonds is 4. The Morgan fingerprint density at radius 3 is 2.78 bits per heavy atom. The van der Waals surface area contributed by atoms with Gasteiger partial charge in [-0.25, -0.2) is 0 Å². The Morgan fingerprint density at radius 1 is 1.56 bits per heavy atom. The van der Waals surface area contributed by atoms with E-state index in [-0.39, 0.29) is 29.6 Å². The number of thiophene rings is 1. The number of carbonyl (C=O) groups is 1. The van der Waals surface area contributed by atoms with Gasteiger partial charge in [-0.2, -0.15) is 11.3 Å². The highest BCUT2D eigenvalue weighted by Gasteiger charge is 2.50. The molecule has 0 unspecified atom stereocenters. The van der Waals surface area contributed by atoms with E-state index in [4.69, 9.17) is 4.74 Å². The molecular formula is C14H21NO2S. The van der Waals surface area contributed by atoms with E-state index < -0.39 is 0 Å². The molecule has 18 heavy (non-hydrogen) atoms. The second-order valence-electron chi connectivity index (χ2n) is 5.77. The monoisotopic (exact) mass is 267 g/mol. The minimum Gasteiger partial charge on any atom is -0.375 e. The van der Waals surface area contributed by atoms with E-state index >= 15 is 0 Å². The molecule has 100 valence electrons. The zero-order chi connectivity index (χ0) is 13.3. The van der Waals surface area contributed by atoms with Gasteiger partial charge in [0.15, 0.2) is 0 Å². The van der Waals surface area contributed by atoms with Crippen LogP contribution in [0.5, 0.6) is 0 Å². The fourth-order valence-corrected chi connectivity index (χ4v) is 2.96. The van der Waals surface area contributed by atoms with Gasteiger partial charge in [0, 0.05) is 22.4 Å². The maximum atomic E-state index is 12.0. The lowest BCUT2D eigenvalue weighted by molar-refractivity contribution is -0.136. The molecule has 0 saturated heterocycles. The molecule has 0 aromatic carbocycles. The molecule has 2 atom stereocenters. The van der Waals surface area contributed by atoms with Gasteiger partial charge in [0.25, 0.3) is 5.91 Å². The maximum absolute atomic E-state index is 12.0. The van der Waals surface area contributed by atoms with Crippen molar-refractivity contribution in [3.8, 4) is 0 Å². The number of nitrogens with one attached hydrogen (secondary N) is 1. The number of hydrogen-bond acceptors (Lipinski definition) is 3. The van der Waals surface area contributed by atoms with Crippen LogP contribution in [-0.2, 0) is 4.74 Å². The second-order valence-corrected chi connectivity index (χ2v) is 6.55. The molecule has 1 aromatic heterocycles. The topological polar surface area (TPSA) is 38.3 Å². The minimum atomic E-state index is 0.00987. The van der Waals surface area contributed by atoms with Crippen molar-refractivity contribution in [2.75, 3.05) is 0 Å². The average molecular weight is 267 g/mol. The molecule has 0 aliphatic heterocycles. The molecule has 4 heteroatoms. The van der Waals surface area contributed by atoms with Crippen LogP contribution in [0.15, 0.2) is 16.8 Å². The predicted molar refractivity (Wildman–Crippen MR) is 74.0 cm³/mol. The van der Waals surface area contributed by atoms with E-state index in [1.165, 1.54) is 0 Å². The predicted octanol–water partition coefficient (Wildman–Crippen LogP) is 3.07. The summed E-state index contributed by atoms with van der Waals surface area (Å²) in [5, 5.41) is 6.90. The number of carbonyl (C=O) groups excluding carboxylic acids is 1. The van der Waals surface area contributed by atoms with Crippen LogP contribution in [0.2, 0.25) is 0 Å². The van der Waals surface area contributed by atoms with E-state index in [0.29, 0.717) is 0 Å². The summed E-state index contributed by atoms with van der Waals surface area (Å²) in [7, 11) is 0. The van der Waals surface area contributed by atoms with E-state index in [1.54, 1.807) is 11.3 Å². The second kappa shape index (κ2) is 5.02. The molecule has 1 aliphatic rings. The van der Waals surface area contributed by atoms with Gasteiger partial charge in [0.2, 0.25) is 0 Å². The van der Waals surface area contributed by atoms with Crippen LogP contribution in [0.25, 0.3) is 0 Å². The lowest BCUT2D eigenvalue weighted by atomic mass is 9.64. The first kappa shape index (κ1) is 13.6. The van der Waals surface area contributed by atoms with Crippen LogP contribution < -0.4 is 5.32 Å². The standard InChI is InChI=1S/C14H21NO2S/c1-9(2)17-12-7-11(14(12,3)4)15-13(16)10-5-6-18-8-10/h5-6,8-9,11-12H,7H2,1-4H3,(H,15,16)/t11-,12+/m1/s1. The molecule has 1 saturated carbocycles. The molecule has 1 heterocycles. The van der Waals surface area contributed by atoms with Gasteiger partial charge >= 0.3 is 0 Å². The zero-order valence-electron chi connectivity index (χ0n) is 11.4. The van der Waals surface area contributed by atoms with Crippen LogP contribution in [0, 0.1) is 5.41 Å². The van der Waals surface area contributed by atoms with Gasteiger partial charge in [-0.15, -0.1) is 0 Å². The summed E-state index contributed by atoms with van der Waals surface area (Å²) in [5.74, 6) is 0.0253. The van der Waals surface area contributed by atoms with Crippen molar-refractivity contribution in [3.63, 3.8) is 0 Å². The van der Waals surface area contributed by atoms with E-state index in [2.05, 4.69) is 19.2 Å². The summed E-state index contributed by atoms with van der Waals surface area (Å²) in [5.41, 5.74) is 0.764. The maximum Gasteiger partial charge on any atom is 0.252 e. The van der Waals surface area contributed by atoms with Crippen molar-refractivity contribution in [2.24, 2.45) is 5.41 Å². The summed E-state index contributed by atoms with van der Waals surface area (Å²) in [6.45, 7) is 8.41. The van der Waals surface area contributed by atoms with Crippen LogP contribution >= 0.6 is 11.3 Å². The summed E-state index contributed by atoms with van der Waals surface area (Å²) in [6.07, 6.45) is 1.38. The molecule has 1 N–H and O–H groups in total. The Morgan fingerprint density at radius 2 is 2.28 bits per heavy atom. The van der Waals surface area contributed by atoms with Crippen molar-refractivity contribution in [3.05, 3.63) is 22.4 Å². The summed E-state index contributed by atoms with van der Waals surface area (Å²) in [6, 6.07) is 2.06. The van der Waals surface area contributed by atoms with E-state index in [9.17, 15) is 4.79 Å². The highest BCUT2D eigenvalue weighted by Crippen LogP contribution is 2.43. The fraction of sp³-hybridized carbons (Fsp3) is 0.643. The normalized spacial score (nSPS) is 25.8. The summed E-state index contributed by atoms with van der Waals surface area (Å²) < 4.78 is 5.85. The molecule has 1 aromatic rings. The summed E-state index contributed by atoms with van der Waals surface area (Å²) in [4.78, 5) is 12.0. The lowest BCUT2D eigenvalue weighted by Gasteiger charge is -2.52. The first-order valence-corrected chi connectivity index (χ1v) is 7.34. The molecular weight excluding hydrogens is 246 g/mol. The van der Waals surface area contributed by atoms with Crippen molar-refractivity contribution in [2.45, 2.75) is 52.4 Å². The highest BCUT2D eigenvalue weighted by atomic mass is 32.1. The first-order valence-electron chi connectivity index (χ1n) is 6.39. The molecule has 3 nitrogen and oxygen atoms in total. The Bertz CT molecular complexity index is 411. The quantitative estimate of drug-likeness (QED) is 0.910. The smallest absolute Gasteiger partial charge is 0.252 e. The van der Waals surface area contributed by atoms with Crippen LogP contribution in [0.4, 0.5) is 0 Å². The van der Waals surface area contributed by atoms with Gasteiger partial charge in [0.1, 0.15) is 0 Å². The molecule has 1 amide bonds. The Balaban J connectivity index is 1.91. The van der Waals surface area contributed by atoms with Crippen molar-refractivity contribution >= 4 is 17.2 Å².